The molecule has 0 saturated carbocycles. The fourth-order valence-corrected chi connectivity index (χ4v) is 0.503. The Hall–Kier alpha value is -0.650. The molecule has 0 aliphatic carbocycles. The molecule has 0 aromatic rings. The summed E-state index contributed by atoms with van der Waals surface area (Å²) in [5.41, 5.74) is 0. The highest BCUT2D eigenvalue weighted by Gasteiger charge is 2.40. The van der Waals surface area contributed by atoms with E-state index in [0.717, 1.165) is 0 Å². The van der Waals surface area contributed by atoms with Crippen LogP contribution < -0.4 is 0 Å². The zero-order valence-electron chi connectivity index (χ0n) is 4.79. The van der Waals surface area contributed by atoms with E-state index < -0.39 is 11.8 Å². The second-order valence-corrected chi connectivity index (χ2v) is 1.94. The molecule has 1 heterocycles. The van der Waals surface area contributed by atoms with E-state index in [-0.39, 0.29) is 6.42 Å². The van der Waals surface area contributed by atoms with E-state index in [4.69, 9.17) is 5.26 Å². The molecule has 0 bridgehead atoms. The summed E-state index contributed by atoms with van der Waals surface area (Å²) in [4.78, 5) is 22.4. The Balaban J connectivity index is 2.54. The third kappa shape index (κ3) is 1.18. The molecule has 1 fully saturated rings. The first-order valence-electron chi connectivity index (χ1n) is 2.37. The maximum absolute atomic E-state index is 10.3. The lowest BCUT2D eigenvalue weighted by Gasteiger charge is -2.11. The van der Waals surface area contributed by atoms with Crippen LogP contribution in [0.5, 0.6) is 0 Å². The Morgan fingerprint density at radius 2 is 2.56 bits per heavy atom. The molecule has 1 N–H and O–H groups in total. The minimum Gasteiger partial charge on any atom is -0.295 e. The van der Waals surface area contributed by atoms with E-state index in [1.165, 1.54) is 6.92 Å². The van der Waals surface area contributed by atoms with E-state index in [0.29, 0.717) is 0 Å². The molecule has 5 nitrogen and oxygen atoms in total. The molecular weight excluding hydrogens is 128 g/mol. The van der Waals surface area contributed by atoms with Crippen molar-refractivity contribution in [2.45, 2.75) is 19.1 Å². The van der Waals surface area contributed by atoms with Gasteiger partial charge in [0.15, 0.2) is 0 Å². The van der Waals surface area contributed by atoms with Gasteiger partial charge in [-0.1, -0.05) is 0 Å². The van der Waals surface area contributed by atoms with Crippen molar-refractivity contribution in [3.8, 4) is 0 Å². The van der Waals surface area contributed by atoms with Gasteiger partial charge in [0.1, 0.15) is 6.42 Å². The van der Waals surface area contributed by atoms with Gasteiger partial charge in [-0.3, -0.25) is 4.89 Å². The summed E-state index contributed by atoms with van der Waals surface area (Å²) in [7, 11) is 0. The minimum atomic E-state index is -1.31. The maximum atomic E-state index is 10.3. The minimum absolute atomic E-state index is 0.0938. The summed E-state index contributed by atoms with van der Waals surface area (Å²) >= 11 is 0. The summed E-state index contributed by atoms with van der Waals surface area (Å²) in [6.45, 7) is 1.39. The highest BCUT2D eigenvalue weighted by atomic mass is 17.3. The van der Waals surface area contributed by atoms with Crippen LogP contribution in [0.2, 0.25) is 0 Å². The first kappa shape index (κ1) is 6.47. The SMILES string of the molecule is C[C@@]1(OO)CC(=O)OO1. The molecule has 9 heavy (non-hydrogen) atoms. The fraction of sp³-hybridized carbons (Fsp3) is 0.750. The largest absolute Gasteiger partial charge is 0.348 e. The number of carbonyl (C=O) groups excluding carboxylic acids is 1. The summed E-state index contributed by atoms with van der Waals surface area (Å²) in [5.74, 6) is -1.86. The molecule has 52 valence electrons. The predicted molar refractivity (Wildman–Crippen MR) is 23.9 cm³/mol. The van der Waals surface area contributed by atoms with Crippen molar-refractivity contribution in [2.75, 3.05) is 0 Å². The van der Waals surface area contributed by atoms with Crippen LogP contribution in [0.15, 0.2) is 0 Å². The zero-order chi connectivity index (χ0) is 6.91. The van der Waals surface area contributed by atoms with Crippen LogP contribution in [-0.2, 0) is 19.5 Å². The van der Waals surface area contributed by atoms with Gasteiger partial charge in [0.2, 0.25) is 0 Å². The van der Waals surface area contributed by atoms with Gasteiger partial charge in [-0.05, 0) is 6.92 Å². The molecule has 0 unspecified atom stereocenters. The topological polar surface area (TPSA) is 65.0 Å². The first-order valence-corrected chi connectivity index (χ1v) is 2.37. The third-order valence-corrected chi connectivity index (χ3v) is 0.969. The molecular formula is C4H6O5. The Morgan fingerprint density at radius 1 is 1.89 bits per heavy atom. The standard InChI is InChI=1S/C4H6O5/c1-4(8-6)2-3(5)7-9-4/h6H,2H2,1H3/t4-/m0/s1. The number of rotatable bonds is 1. The van der Waals surface area contributed by atoms with Gasteiger partial charge in [-0.2, -0.15) is 4.89 Å². The van der Waals surface area contributed by atoms with Gasteiger partial charge < -0.3 is 0 Å². The van der Waals surface area contributed by atoms with Crippen molar-refractivity contribution in [1.82, 2.24) is 0 Å². The molecule has 1 saturated heterocycles. The molecule has 0 aromatic heterocycles. The molecule has 5 heteroatoms. The second-order valence-electron chi connectivity index (χ2n) is 1.94. The van der Waals surface area contributed by atoms with Crippen molar-refractivity contribution in [3.63, 3.8) is 0 Å². The molecule has 0 aromatic carbocycles. The van der Waals surface area contributed by atoms with Gasteiger partial charge in [0, 0.05) is 0 Å². The molecule has 1 atom stereocenters. The number of carbonyl (C=O) groups is 1. The lowest BCUT2D eigenvalue weighted by Crippen LogP contribution is -2.25. The molecule has 1 aliphatic heterocycles. The van der Waals surface area contributed by atoms with Crippen molar-refractivity contribution in [1.29, 1.82) is 0 Å². The average Bonchev–Trinajstić information content (AvgIpc) is 2.13. The Morgan fingerprint density at radius 3 is 2.78 bits per heavy atom. The molecule has 1 rings (SSSR count). The lowest BCUT2D eigenvalue weighted by atomic mass is 10.2. The van der Waals surface area contributed by atoms with Crippen LogP contribution in [0.25, 0.3) is 0 Å². The zero-order valence-corrected chi connectivity index (χ0v) is 4.79. The van der Waals surface area contributed by atoms with Crippen LogP contribution >= 0.6 is 0 Å². The van der Waals surface area contributed by atoms with Crippen molar-refractivity contribution < 1.29 is 24.7 Å². The maximum Gasteiger partial charge on any atom is 0.348 e. The van der Waals surface area contributed by atoms with Gasteiger partial charge in [-0.15, -0.1) is 4.89 Å². The Kier molecular flexibility index (Phi) is 1.40. The van der Waals surface area contributed by atoms with E-state index in [1.807, 2.05) is 0 Å². The van der Waals surface area contributed by atoms with E-state index in [2.05, 4.69) is 14.7 Å². The smallest absolute Gasteiger partial charge is 0.295 e. The van der Waals surface area contributed by atoms with Crippen molar-refractivity contribution >= 4 is 5.97 Å². The van der Waals surface area contributed by atoms with Gasteiger partial charge in [-0.25, -0.2) is 10.1 Å². The normalized spacial score (nSPS) is 34.7. The highest BCUT2D eigenvalue weighted by molar-refractivity contribution is 5.70. The van der Waals surface area contributed by atoms with Crippen molar-refractivity contribution in [2.24, 2.45) is 0 Å². The summed E-state index contributed by atoms with van der Waals surface area (Å²) in [5, 5.41) is 8.09. The van der Waals surface area contributed by atoms with Crippen molar-refractivity contribution in [3.05, 3.63) is 0 Å². The van der Waals surface area contributed by atoms with Crippen LogP contribution in [0.4, 0.5) is 0 Å². The molecule has 1 aliphatic rings. The summed E-state index contributed by atoms with van der Waals surface area (Å²) < 4.78 is 0. The Bertz CT molecular complexity index is 133. The van der Waals surface area contributed by atoms with Crippen LogP contribution in [0.3, 0.4) is 0 Å². The highest BCUT2D eigenvalue weighted by Crippen LogP contribution is 2.23. The third-order valence-electron chi connectivity index (χ3n) is 0.969. The molecule has 0 amide bonds. The molecule has 0 radical (unpaired) electrons. The van der Waals surface area contributed by atoms with E-state index in [9.17, 15) is 4.79 Å². The summed E-state index contributed by atoms with van der Waals surface area (Å²) in [6.07, 6.45) is -0.0938. The number of hydrogen-bond acceptors (Lipinski definition) is 5. The van der Waals surface area contributed by atoms with E-state index >= 15 is 0 Å². The summed E-state index contributed by atoms with van der Waals surface area (Å²) in [6, 6.07) is 0. The quantitative estimate of drug-likeness (QED) is 0.406. The molecule has 0 spiro atoms. The Labute approximate surface area is 51.0 Å². The van der Waals surface area contributed by atoms with Gasteiger partial charge in [0.25, 0.3) is 5.79 Å². The predicted octanol–water partition coefficient (Wildman–Crippen LogP) is 0.0707. The second kappa shape index (κ2) is 1.94. The average molecular weight is 134 g/mol. The lowest BCUT2D eigenvalue weighted by molar-refractivity contribution is -0.452. The van der Waals surface area contributed by atoms with Gasteiger partial charge >= 0.3 is 5.97 Å². The van der Waals surface area contributed by atoms with Crippen LogP contribution in [0, 0.1) is 0 Å². The first-order chi connectivity index (χ1) is 4.16. The monoisotopic (exact) mass is 134 g/mol. The van der Waals surface area contributed by atoms with Gasteiger partial charge in [0.05, 0.1) is 0 Å². The van der Waals surface area contributed by atoms with Crippen LogP contribution in [0.1, 0.15) is 13.3 Å². The fourth-order valence-electron chi connectivity index (χ4n) is 0.503. The van der Waals surface area contributed by atoms with Crippen LogP contribution in [-0.4, -0.2) is 17.0 Å². The number of hydrogen-bond donors (Lipinski definition) is 1. The van der Waals surface area contributed by atoms with E-state index in [1.54, 1.807) is 0 Å².